The molecule has 8 atom stereocenters. The van der Waals surface area contributed by atoms with Crippen molar-refractivity contribution in [3.05, 3.63) is 57.6 Å². The number of ketones is 3. The Labute approximate surface area is 215 Å². The molecule has 1 saturated heterocycles. The van der Waals surface area contributed by atoms with Gasteiger partial charge in [-0.25, -0.2) is 0 Å². The molecule has 1 aliphatic heterocycles. The van der Waals surface area contributed by atoms with E-state index in [0.29, 0.717) is 0 Å². The third kappa shape index (κ3) is 3.53. The fourth-order valence-electron chi connectivity index (χ4n) is 5.42. The Morgan fingerprint density at radius 1 is 0.921 bits per heavy atom. The predicted molar refractivity (Wildman–Crippen MR) is 125 cm³/mol. The average molecular weight is 530 g/mol. The molecule has 1 heterocycles. The first-order valence-electron chi connectivity index (χ1n) is 11.8. The number of carbonyl (C=O) groups is 3. The number of hydrogen-bond acceptors (Lipinski definition) is 12. The molecule has 0 amide bonds. The van der Waals surface area contributed by atoms with E-state index in [4.69, 9.17) is 14.2 Å². The standard InChI is InChI=1S/C26H26O12/c1-8-16(28)20(32)21(33)25(37-8)38-22-15-11(23(34)26(2,35)24(22)36-3)7-10-14(19(15)31)18(30)13-9(17(10)29)5-4-6-12(13)27/h4-8,16,20-22,24-25,27-28,31-33,35H,1-3H3/t8-,16-,20+,21+,22+,24-,25-,26+/m0/s1. The quantitative estimate of drug-likeness (QED) is 0.259. The first kappa shape index (κ1) is 26.4. The number of carbonyl (C=O) groups excluding carboxylic acids is 3. The van der Waals surface area contributed by atoms with Crippen molar-refractivity contribution in [2.45, 2.75) is 62.4 Å². The summed E-state index contributed by atoms with van der Waals surface area (Å²) < 4.78 is 16.8. The van der Waals surface area contributed by atoms with Crippen LogP contribution in [0, 0.1) is 0 Å². The Morgan fingerprint density at radius 3 is 2.26 bits per heavy atom. The molecule has 0 radical (unpaired) electrons. The minimum atomic E-state index is -2.27. The smallest absolute Gasteiger partial charge is 0.201 e. The van der Waals surface area contributed by atoms with E-state index >= 15 is 0 Å². The second kappa shape index (κ2) is 8.92. The molecule has 2 aromatic rings. The highest BCUT2D eigenvalue weighted by Gasteiger charge is 2.55. The van der Waals surface area contributed by atoms with Crippen molar-refractivity contribution in [3.63, 3.8) is 0 Å². The Morgan fingerprint density at radius 2 is 1.61 bits per heavy atom. The second-order valence-electron chi connectivity index (χ2n) is 9.84. The summed E-state index contributed by atoms with van der Waals surface area (Å²) in [6.07, 6.45) is -10.6. The van der Waals surface area contributed by atoms with Gasteiger partial charge in [0, 0.05) is 29.4 Å². The van der Waals surface area contributed by atoms with E-state index in [-0.39, 0.29) is 27.8 Å². The van der Waals surface area contributed by atoms with Gasteiger partial charge >= 0.3 is 0 Å². The van der Waals surface area contributed by atoms with Gasteiger partial charge in [-0.15, -0.1) is 0 Å². The van der Waals surface area contributed by atoms with Gasteiger partial charge in [-0.3, -0.25) is 14.4 Å². The number of aliphatic hydroxyl groups excluding tert-OH is 3. The molecule has 6 N–H and O–H groups in total. The highest BCUT2D eigenvalue weighted by Crippen LogP contribution is 2.49. The number of hydrogen-bond donors (Lipinski definition) is 6. The van der Waals surface area contributed by atoms with Crippen molar-refractivity contribution in [2.75, 3.05) is 7.11 Å². The molecule has 0 saturated carbocycles. The highest BCUT2D eigenvalue weighted by molar-refractivity contribution is 6.31. The maximum atomic E-state index is 13.4. The monoisotopic (exact) mass is 530 g/mol. The first-order chi connectivity index (χ1) is 17.8. The molecule has 2 aromatic carbocycles. The largest absolute Gasteiger partial charge is 0.507 e. The number of phenols is 2. The fourth-order valence-corrected chi connectivity index (χ4v) is 5.42. The van der Waals surface area contributed by atoms with E-state index in [1.54, 1.807) is 0 Å². The normalized spacial score (nSPS) is 34.5. The topological polar surface area (TPSA) is 200 Å². The lowest BCUT2D eigenvalue weighted by Crippen LogP contribution is -2.60. The van der Waals surface area contributed by atoms with E-state index in [0.717, 1.165) is 20.1 Å². The molecule has 2 aliphatic carbocycles. The van der Waals surface area contributed by atoms with Gasteiger partial charge in [-0.2, -0.15) is 0 Å². The van der Waals surface area contributed by atoms with Crippen LogP contribution < -0.4 is 0 Å². The van der Waals surface area contributed by atoms with Crippen LogP contribution in [-0.4, -0.2) is 97.5 Å². The summed E-state index contributed by atoms with van der Waals surface area (Å²) in [6, 6.07) is 4.96. The second-order valence-corrected chi connectivity index (χ2v) is 9.84. The lowest BCUT2D eigenvalue weighted by atomic mass is 9.72. The fraction of sp³-hybridized carbons (Fsp3) is 0.423. The van der Waals surface area contributed by atoms with Gasteiger partial charge in [0.15, 0.2) is 23.5 Å². The van der Waals surface area contributed by atoms with E-state index in [9.17, 15) is 45.0 Å². The molecule has 12 heteroatoms. The summed E-state index contributed by atoms with van der Waals surface area (Å²) in [5.74, 6) is -3.86. The van der Waals surface area contributed by atoms with Crippen LogP contribution in [0.15, 0.2) is 24.3 Å². The summed E-state index contributed by atoms with van der Waals surface area (Å²) in [4.78, 5) is 40.1. The maximum Gasteiger partial charge on any atom is 0.201 e. The first-order valence-corrected chi connectivity index (χ1v) is 11.8. The minimum Gasteiger partial charge on any atom is -0.507 e. The van der Waals surface area contributed by atoms with E-state index in [2.05, 4.69) is 0 Å². The molecule has 5 rings (SSSR count). The molecule has 0 spiro atoms. The number of benzene rings is 2. The molecule has 1 fully saturated rings. The molecule has 202 valence electrons. The van der Waals surface area contributed by atoms with Gasteiger partial charge in [-0.1, -0.05) is 12.1 Å². The maximum absolute atomic E-state index is 13.4. The molecule has 3 aliphatic rings. The summed E-state index contributed by atoms with van der Waals surface area (Å²) >= 11 is 0. The average Bonchev–Trinajstić information content (AvgIpc) is 2.87. The summed E-state index contributed by atoms with van der Waals surface area (Å²) in [7, 11) is 1.16. The zero-order valence-electron chi connectivity index (χ0n) is 20.5. The van der Waals surface area contributed by atoms with Crippen LogP contribution in [0.4, 0.5) is 0 Å². The number of rotatable bonds is 3. The molecule has 0 unspecified atom stereocenters. The molecule has 0 aromatic heterocycles. The van der Waals surface area contributed by atoms with Crippen molar-refractivity contribution in [1.82, 2.24) is 0 Å². The van der Waals surface area contributed by atoms with Crippen LogP contribution >= 0.6 is 0 Å². The zero-order valence-corrected chi connectivity index (χ0v) is 20.5. The van der Waals surface area contributed by atoms with Gasteiger partial charge < -0.3 is 44.8 Å². The number of Topliss-reactive ketones (excluding diaryl/α,β-unsaturated/α-hetero) is 1. The van der Waals surface area contributed by atoms with Gasteiger partial charge in [0.1, 0.15) is 42.0 Å². The number of aliphatic hydroxyl groups is 4. The summed E-state index contributed by atoms with van der Waals surface area (Å²) in [5.41, 5.74) is -4.19. The van der Waals surface area contributed by atoms with E-state index < -0.39 is 82.9 Å². The molecule has 0 bridgehead atoms. The highest BCUT2D eigenvalue weighted by atomic mass is 16.7. The van der Waals surface area contributed by atoms with Crippen molar-refractivity contribution >= 4 is 17.3 Å². The lowest BCUT2D eigenvalue weighted by Gasteiger charge is -2.45. The van der Waals surface area contributed by atoms with Crippen molar-refractivity contribution in [3.8, 4) is 11.5 Å². The van der Waals surface area contributed by atoms with Crippen molar-refractivity contribution in [1.29, 1.82) is 0 Å². The van der Waals surface area contributed by atoms with E-state index in [1.165, 1.54) is 25.1 Å². The molecule has 12 nitrogen and oxygen atoms in total. The van der Waals surface area contributed by atoms with Crippen LogP contribution in [0.25, 0.3) is 0 Å². The third-order valence-electron chi connectivity index (χ3n) is 7.49. The van der Waals surface area contributed by atoms with Crippen LogP contribution in [0.5, 0.6) is 11.5 Å². The van der Waals surface area contributed by atoms with Gasteiger partial charge in [0.2, 0.25) is 5.78 Å². The minimum absolute atomic E-state index is 0.125. The lowest BCUT2D eigenvalue weighted by molar-refractivity contribution is -0.317. The van der Waals surface area contributed by atoms with Crippen LogP contribution in [0.2, 0.25) is 0 Å². The number of aromatic hydroxyl groups is 2. The Hall–Kier alpha value is -3.23. The summed E-state index contributed by atoms with van der Waals surface area (Å²) in [6.45, 7) is 2.56. The Bertz CT molecular complexity index is 1360. The number of phenolic OH excluding ortho intramolecular Hbond substituents is 2. The van der Waals surface area contributed by atoms with Crippen molar-refractivity contribution in [2.24, 2.45) is 0 Å². The number of fused-ring (bicyclic) bond motifs is 3. The summed E-state index contributed by atoms with van der Waals surface area (Å²) in [5, 5.41) is 63.6. The molecular formula is C26H26O12. The Balaban J connectivity index is 1.71. The van der Waals surface area contributed by atoms with Crippen LogP contribution in [0.1, 0.15) is 67.7 Å². The Kier molecular flexibility index (Phi) is 6.19. The predicted octanol–water partition coefficient (Wildman–Crippen LogP) is -0.279. The molecular weight excluding hydrogens is 504 g/mol. The SMILES string of the molecule is CO[C@H]1[C@H](O[C@@H]2O[C@@H](C)[C@H](O)[C@@H](O)[C@H]2O)c2c(cc3c(c2O)C(=O)c2c(O)cccc2C3=O)C(=O)[C@@]1(C)O. The van der Waals surface area contributed by atoms with Crippen LogP contribution in [0.3, 0.4) is 0 Å². The molecule has 38 heavy (non-hydrogen) atoms. The van der Waals surface area contributed by atoms with Gasteiger partial charge in [-0.05, 0) is 26.0 Å². The van der Waals surface area contributed by atoms with Crippen molar-refractivity contribution < 1.29 is 59.2 Å². The number of methoxy groups -OCH3 is 1. The van der Waals surface area contributed by atoms with Gasteiger partial charge in [0.25, 0.3) is 0 Å². The van der Waals surface area contributed by atoms with Gasteiger partial charge in [0.05, 0.1) is 17.2 Å². The van der Waals surface area contributed by atoms with E-state index in [1.807, 2.05) is 0 Å². The third-order valence-corrected chi connectivity index (χ3v) is 7.49. The number of ether oxygens (including phenoxy) is 3. The zero-order chi connectivity index (χ0) is 27.8. The van der Waals surface area contributed by atoms with Crippen LogP contribution in [-0.2, 0) is 14.2 Å².